The summed E-state index contributed by atoms with van der Waals surface area (Å²) in [6.45, 7) is 4.24. The van der Waals surface area contributed by atoms with E-state index in [-0.39, 0.29) is 6.09 Å². The quantitative estimate of drug-likeness (QED) is 0.318. The van der Waals surface area contributed by atoms with E-state index in [1.54, 1.807) is 0 Å². The van der Waals surface area contributed by atoms with Crippen LogP contribution in [0.1, 0.15) is 96.8 Å². The Morgan fingerprint density at radius 3 is 1.64 bits per heavy atom. The van der Waals surface area contributed by atoms with Crippen molar-refractivity contribution in [2.24, 2.45) is 0 Å². The van der Waals surface area contributed by atoms with E-state index in [1.165, 1.54) is 83.5 Å². The molecule has 0 aromatic carbocycles. The topological polar surface area (TPSA) is 41.6 Å². The molecule has 0 radical (unpaired) electrons. The fourth-order valence-electron chi connectivity index (χ4n) is 2.88. The lowest BCUT2D eigenvalue weighted by Crippen LogP contribution is -2.28. The van der Waals surface area contributed by atoms with Gasteiger partial charge in [-0.1, -0.05) is 90.4 Å². The van der Waals surface area contributed by atoms with Crippen LogP contribution in [-0.4, -0.2) is 44.8 Å². The van der Waals surface area contributed by atoms with Gasteiger partial charge < -0.3 is 15.0 Å². The lowest BCUT2D eigenvalue weighted by molar-refractivity contribution is 0.136. The Morgan fingerprint density at radius 2 is 1.20 bits per heavy atom. The average Bonchev–Trinajstić information content (AvgIpc) is 2.58. The smallest absolute Gasteiger partial charge is 0.407 e. The molecule has 0 bridgehead atoms. The zero-order valence-corrected chi connectivity index (χ0v) is 17.3. The maximum absolute atomic E-state index is 11.4. The first-order chi connectivity index (χ1) is 12.2. The van der Waals surface area contributed by atoms with Crippen molar-refractivity contribution in [2.45, 2.75) is 96.8 Å². The number of amides is 1. The summed E-state index contributed by atoms with van der Waals surface area (Å²) in [6, 6.07) is 0. The van der Waals surface area contributed by atoms with Crippen LogP contribution in [0.4, 0.5) is 4.79 Å². The second-order valence-electron chi connectivity index (χ2n) is 7.46. The molecule has 1 N–H and O–H groups in total. The molecule has 0 heterocycles. The third-order valence-corrected chi connectivity index (χ3v) is 4.57. The molecular weight excluding hydrogens is 312 g/mol. The summed E-state index contributed by atoms with van der Waals surface area (Å²) >= 11 is 0. The second kappa shape index (κ2) is 19.6. The van der Waals surface area contributed by atoms with E-state index in [4.69, 9.17) is 4.74 Å². The number of hydrogen-bond acceptors (Lipinski definition) is 3. The van der Waals surface area contributed by atoms with Crippen LogP contribution in [-0.2, 0) is 4.74 Å². The number of carbonyl (C=O) groups excluding carboxylic acids is 1. The van der Waals surface area contributed by atoms with Gasteiger partial charge in [0.2, 0.25) is 0 Å². The van der Waals surface area contributed by atoms with Crippen LogP contribution < -0.4 is 5.32 Å². The van der Waals surface area contributed by atoms with Gasteiger partial charge in [-0.25, -0.2) is 4.79 Å². The van der Waals surface area contributed by atoms with Crippen LogP contribution in [0.25, 0.3) is 0 Å². The molecule has 0 aromatic heterocycles. The van der Waals surface area contributed by atoms with Crippen molar-refractivity contribution in [2.75, 3.05) is 33.8 Å². The van der Waals surface area contributed by atoms with Gasteiger partial charge in [-0.3, -0.25) is 0 Å². The van der Waals surface area contributed by atoms with Crippen molar-refractivity contribution < 1.29 is 9.53 Å². The van der Waals surface area contributed by atoms with E-state index in [2.05, 4.69) is 12.2 Å². The van der Waals surface area contributed by atoms with Gasteiger partial charge in [0.15, 0.2) is 0 Å². The van der Waals surface area contributed by atoms with Crippen molar-refractivity contribution >= 4 is 6.09 Å². The van der Waals surface area contributed by atoms with Crippen molar-refractivity contribution in [1.29, 1.82) is 0 Å². The van der Waals surface area contributed by atoms with E-state index >= 15 is 0 Å². The number of carbonyl (C=O) groups is 1. The Bertz CT molecular complexity index is 283. The first-order valence-electron chi connectivity index (χ1n) is 10.7. The molecule has 0 fully saturated rings. The molecule has 4 heteroatoms. The molecule has 4 nitrogen and oxygen atoms in total. The maximum Gasteiger partial charge on any atom is 0.407 e. The second-order valence-corrected chi connectivity index (χ2v) is 7.46. The molecule has 25 heavy (non-hydrogen) atoms. The normalized spacial score (nSPS) is 11.0. The minimum Gasteiger partial charge on any atom is -0.448 e. The van der Waals surface area contributed by atoms with Gasteiger partial charge in [0.05, 0.1) is 0 Å². The lowest BCUT2D eigenvalue weighted by Gasteiger charge is -2.10. The van der Waals surface area contributed by atoms with E-state index < -0.39 is 0 Å². The monoisotopic (exact) mass is 356 g/mol. The molecular formula is C21H44N2O2. The minimum atomic E-state index is -0.281. The summed E-state index contributed by atoms with van der Waals surface area (Å²) in [5.74, 6) is 0. The van der Waals surface area contributed by atoms with Gasteiger partial charge in [0.25, 0.3) is 0 Å². The summed E-state index contributed by atoms with van der Waals surface area (Å²) < 4.78 is 5.08. The number of alkyl carbamates (subject to hydrolysis) is 1. The third kappa shape index (κ3) is 21.2. The highest BCUT2D eigenvalue weighted by atomic mass is 16.5. The van der Waals surface area contributed by atoms with E-state index in [0.717, 1.165) is 19.5 Å². The summed E-state index contributed by atoms with van der Waals surface area (Å²) in [4.78, 5) is 13.4. The Hall–Kier alpha value is -0.770. The Morgan fingerprint density at radius 1 is 0.760 bits per heavy atom. The molecule has 0 aliphatic carbocycles. The fraction of sp³-hybridized carbons (Fsp3) is 0.952. The molecule has 0 aliphatic heterocycles. The van der Waals surface area contributed by atoms with Crippen LogP contribution in [0.5, 0.6) is 0 Å². The number of unbranched alkanes of at least 4 members (excludes halogenated alkanes) is 13. The van der Waals surface area contributed by atoms with Gasteiger partial charge in [-0.05, 0) is 20.5 Å². The van der Waals surface area contributed by atoms with Crippen molar-refractivity contribution in [3.8, 4) is 0 Å². The molecule has 0 saturated carbocycles. The van der Waals surface area contributed by atoms with Gasteiger partial charge in [0.1, 0.15) is 6.61 Å². The number of nitrogens with one attached hydrogen (secondary N) is 1. The summed E-state index contributed by atoms with van der Waals surface area (Å²) in [5.41, 5.74) is 0. The molecule has 0 unspecified atom stereocenters. The van der Waals surface area contributed by atoms with Crippen LogP contribution in [0, 0.1) is 0 Å². The first-order valence-corrected chi connectivity index (χ1v) is 10.7. The summed E-state index contributed by atoms with van der Waals surface area (Å²) in [6.07, 6.45) is 18.7. The highest BCUT2D eigenvalue weighted by molar-refractivity contribution is 5.66. The van der Waals surface area contributed by atoms with Crippen LogP contribution >= 0.6 is 0 Å². The standard InChI is InChI=1S/C21H44N2O2/c1-4-5-6-7-8-9-10-11-12-13-14-15-16-17-18-22-21(24)25-20-19-23(2)3/h4-20H2,1-3H3,(H,22,24). The lowest BCUT2D eigenvalue weighted by atomic mass is 10.0. The number of ether oxygens (including phenoxy) is 1. The van der Waals surface area contributed by atoms with Crippen molar-refractivity contribution in [3.63, 3.8) is 0 Å². The summed E-state index contributed by atoms with van der Waals surface area (Å²) in [5, 5.41) is 2.82. The maximum atomic E-state index is 11.4. The predicted molar refractivity (Wildman–Crippen MR) is 108 cm³/mol. The van der Waals surface area contributed by atoms with E-state index in [1.807, 2.05) is 19.0 Å². The van der Waals surface area contributed by atoms with Gasteiger partial charge >= 0.3 is 6.09 Å². The molecule has 0 saturated heterocycles. The molecule has 1 amide bonds. The predicted octanol–water partition coefficient (Wildman–Crippen LogP) is 5.76. The zero-order chi connectivity index (χ0) is 18.6. The van der Waals surface area contributed by atoms with E-state index in [0.29, 0.717) is 6.61 Å². The van der Waals surface area contributed by atoms with Crippen molar-refractivity contribution in [3.05, 3.63) is 0 Å². The van der Waals surface area contributed by atoms with E-state index in [9.17, 15) is 4.79 Å². The number of likely N-dealkylation sites (N-methyl/N-ethyl adjacent to an activating group) is 1. The van der Waals surface area contributed by atoms with Crippen LogP contribution in [0.2, 0.25) is 0 Å². The van der Waals surface area contributed by atoms with Gasteiger partial charge in [0, 0.05) is 13.1 Å². The molecule has 0 aromatic rings. The highest BCUT2D eigenvalue weighted by Crippen LogP contribution is 2.12. The van der Waals surface area contributed by atoms with Crippen molar-refractivity contribution in [1.82, 2.24) is 10.2 Å². The molecule has 0 rings (SSSR count). The SMILES string of the molecule is CCCCCCCCCCCCCCCCNC(=O)OCCN(C)C. The third-order valence-electron chi connectivity index (χ3n) is 4.57. The molecule has 0 aliphatic rings. The first kappa shape index (κ1) is 24.2. The van der Waals surface area contributed by atoms with Gasteiger partial charge in [-0.2, -0.15) is 0 Å². The minimum absolute atomic E-state index is 0.281. The van der Waals surface area contributed by atoms with Crippen LogP contribution in [0.3, 0.4) is 0 Å². The molecule has 150 valence electrons. The Kier molecular flexibility index (Phi) is 19.0. The Labute approximate surface area is 157 Å². The molecule has 0 atom stereocenters. The number of rotatable bonds is 18. The van der Waals surface area contributed by atoms with Crippen LogP contribution in [0.15, 0.2) is 0 Å². The Balaban J connectivity index is 3.10. The average molecular weight is 357 g/mol. The zero-order valence-electron chi connectivity index (χ0n) is 17.3. The fourth-order valence-corrected chi connectivity index (χ4v) is 2.88. The molecule has 0 spiro atoms. The number of nitrogens with zero attached hydrogens (tertiary/aromatic N) is 1. The highest BCUT2D eigenvalue weighted by Gasteiger charge is 2.01. The summed E-state index contributed by atoms with van der Waals surface area (Å²) in [7, 11) is 3.94. The largest absolute Gasteiger partial charge is 0.448 e. The number of hydrogen-bond donors (Lipinski definition) is 1. The van der Waals surface area contributed by atoms with Gasteiger partial charge in [-0.15, -0.1) is 0 Å².